The van der Waals surface area contributed by atoms with Gasteiger partial charge in [-0.25, -0.2) is 4.79 Å². The number of carbonyl (C=O) groups excluding carboxylic acids is 1. The van der Waals surface area contributed by atoms with Crippen molar-refractivity contribution >= 4 is 16.9 Å². The van der Waals surface area contributed by atoms with Crippen LogP contribution >= 0.6 is 0 Å². The maximum Gasteiger partial charge on any atom is 0.315 e. The van der Waals surface area contributed by atoms with Gasteiger partial charge in [0.15, 0.2) is 0 Å². The third kappa shape index (κ3) is 3.59. The Labute approximate surface area is 154 Å². The molecule has 0 saturated heterocycles. The fraction of sp³-hybridized carbons (Fsp3) is 0.318. The van der Waals surface area contributed by atoms with Crippen LogP contribution in [0.15, 0.2) is 48.5 Å². The number of rotatable bonds is 5. The number of aromatic nitrogens is 1. The molecule has 134 valence electrons. The van der Waals surface area contributed by atoms with Crippen molar-refractivity contribution in [3.05, 3.63) is 70.9 Å². The van der Waals surface area contributed by atoms with E-state index in [0.717, 1.165) is 25.7 Å². The first-order chi connectivity index (χ1) is 12.7. The molecule has 4 nitrogen and oxygen atoms in total. The summed E-state index contributed by atoms with van der Waals surface area (Å²) >= 11 is 0. The number of benzene rings is 2. The Morgan fingerprint density at radius 1 is 1.15 bits per heavy atom. The Morgan fingerprint density at radius 2 is 2.00 bits per heavy atom. The molecule has 1 aliphatic carbocycles. The van der Waals surface area contributed by atoms with Crippen LogP contribution in [0.1, 0.15) is 28.8 Å². The standard InChI is InChI=1S/C22H25N3O/c1-15-9-10-20-18(12-15)19-13-17(14-21(19)25-20)24-22(26)23-11-5-8-16-6-3-2-4-7-16/h2-4,6-7,9-10,12,17,25H,5,8,11,13-14H2,1H3,(H2,23,24,26). The summed E-state index contributed by atoms with van der Waals surface area (Å²) in [4.78, 5) is 15.7. The fourth-order valence-corrected chi connectivity index (χ4v) is 3.87. The van der Waals surface area contributed by atoms with E-state index in [1.54, 1.807) is 0 Å². The van der Waals surface area contributed by atoms with Gasteiger partial charge in [-0.1, -0.05) is 42.0 Å². The van der Waals surface area contributed by atoms with Gasteiger partial charge >= 0.3 is 6.03 Å². The van der Waals surface area contributed by atoms with Gasteiger partial charge in [0.05, 0.1) is 0 Å². The highest BCUT2D eigenvalue weighted by molar-refractivity contribution is 5.86. The fourth-order valence-electron chi connectivity index (χ4n) is 3.87. The first-order valence-corrected chi connectivity index (χ1v) is 9.37. The molecular weight excluding hydrogens is 322 g/mol. The van der Waals surface area contributed by atoms with Crippen molar-refractivity contribution in [1.29, 1.82) is 0 Å². The highest BCUT2D eigenvalue weighted by Gasteiger charge is 2.26. The zero-order chi connectivity index (χ0) is 17.9. The highest BCUT2D eigenvalue weighted by Crippen LogP contribution is 2.30. The number of H-pyrrole nitrogens is 1. The lowest BCUT2D eigenvalue weighted by atomic mass is 10.1. The van der Waals surface area contributed by atoms with Crippen LogP contribution in [-0.4, -0.2) is 23.6 Å². The largest absolute Gasteiger partial charge is 0.358 e. The van der Waals surface area contributed by atoms with Crippen LogP contribution in [-0.2, 0) is 19.3 Å². The van der Waals surface area contributed by atoms with Crippen molar-refractivity contribution in [2.45, 2.75) is 38.6 Å². The number of hydrogen-bond donors (Lipinski definition) is 3. The molecule has 26 heavy (non-hydrogen) atoms. The summed E-state index contributed by atoms with van der Waals surface area (Å²) in [6.45, 7) is 2.81. The van der Waals surface area contributed by atoms with E-state index in [4.69, 9.17) is 0 Å². The third-order valence-corrected chi connectivity index (χ3v) is 5.16. The first-order valence-electron chi connectivity index (χ1n) is 9.37. The summed E-state index contributed by atoms with van der Waals surface area (Å²) in [6.07, 6.45) is 3.71. The average molecular weight is 347 g/mol. The van der Waals surface area contributed by atoms with E-state index in [9.17, 15) is 4.79 Å². The van der Waals surface area contributed by atoms with E-state index < -0.39 is 0 Å². The van der Waals surface area contributed by atoms with Crippen molar-refractivity contribution < 1.29 is 4.79 Å². The summed E-state index contributed by atoms with van der Waals surface area (Å²) in [5, 5.41) is 7.40. The number of amides is 2. The quantitative estimate of drug-likeness (QED) is 0.603. The summed E-state index contributed by atoms with van der Waals surface area (Å²) in [5.74, 6) is 0. The molecule has 4 heteroatoms. The molecule has 0 radical (unpaired) electrons. The number of aryl methyl sites for hydroxylation is 2. The molecule has 1 unspecified atom stereocenters. The van der Waals surface area contributed by atoms with Crippen molar-refractivity contribution in [2.75, 3.05) is 6.54 Å². The molecule has 4 rings (SSSR count). The lowest BCUT2D eigenvalue weighted by molar-refractivity contribution is 0.237. The number of nitrogens with one attached hydrogen (secondary N) is 3. The molecule has 2 amide bonds. The summed E-state index contributed by atoms with van der Waals surface area (Å²) in [5.41, 5.74) is 6.40. The molecule has 3 N–H and O–H groups in total. The SMILES string of the molecule is Cc1ccc2[nH]c3c(c2c1)CC(NC(=O)NCCCc1ccccc1)C3. The molecule has 1 atom stereocenters. The molecule has 1 heterocycles. The lowest BCUT2D eigenvalue weighted by Crippen LogP contribution is -2.43. The number of aromatic amines is 1. The second-order valence-electron chi connectivity index (χ2n) is 7.23. The van der Waals surface area contributed by atoms with Gasteiger partial charge in [0.25, 0.3) is 0 Å². The maximum absolute atomic E-state index is 12.2. The van der Waals surface area contributed by atoms with Crippen LogP contribution in [0.25, 0.3) is 10.9 Å². The Morgan fingerprint density at radius 3 is 2.85 bits per heavy atom. The monoisotopic (exact) mass is 347 g/mol. The van der Waals surface area contributed by atoms with E-state index in [2.05, 4.69) is 65.0 Å². The molecule has 1 aliphatic rings. The Hall–Kier alpha value is -2.75. The molecule has 3 aromatic rings. The van der Waals surface area contributed by atoms with E-state index in [-0.39, 0.29) is 12.1 Å². The minimum atomic E-state index is -0.0614. The maximum atomic E-state index is 12.2. The number of urea groups is 1. The minimum absolute atomic E-state index is 0.0614. The molecule has 0 bridgehead atoms. The molecule has 0 aliphatic heterocycles. The van der Waals surface area contributed by atoms with Gasteiger partial charge in [-0.2, -0.15) is 0 Å². The molecule has 0 fully saturated rings. The minimum Gasteiger partial charge on any atom is -0.358 e. The van der Waals surface area contributed by atoms with Crippen molar-refractivity contribution in [2.24, 2.45) is 0 Å². The topological polar surface area (TPSA) is 56.9 Å². The summed E-state index contributed by atoms with van der Waals surface area (Å²) in [6, 6.07) is 17.0. The molecule has 2 aromatic carbocycles. The second kappa shape index (κ2) is 7.24. The second-order valence-corrected chi connectivity index (χ2v) is 7.23. The van der Waals surface area contributed by atoms with E-state index in [1.807, 2.05) is 6.07 Å². The third-order valence-electron chi connectivity index (χ3n) is 5.16. The molecule has 1 aromatic heterocycles. The summed E-state index contributed by atoms with van der Waals surface area (Å²) in [7, 11) is 0. The normalized spacial score (nSPS) is 15.8. The summed E-state index contributed by atoms with van der Waals surface area (Å²) < 4.78 is 0. The predicted molar refractivity (Wildman–Crippen MR) is 106 cm³/mol. The Kier molecular flexibility index (Phi) is 4.65. The van der Waals surface area contributed by atoms with Gasteiger partial charge < -0.3 is 15.6 Å². The number of carbonyl (C=O) groups is 1. The number of hydrogen-bond acceptors (Lipinski definition) is 1. The lowest BCUT2D eigenvalue weighted by Gasteiger charge is -2.13. The zero-order valence-corrected chi connectivity index (χ0v) is 15.1. The Balaban J connectivity index is 1.26. The first kappa shape index (κ1) is 16.7. The van der Waals surface area contributed by atoms with Crippen LogP contribution in [0.3, 0.4) is 0 Å². The van der Waals surface area contributed by atoms with Crippen LogP contribution in [0.5, 0.6) is 0 Å². The molecule has 0 saturated carbocycles. The van der Waals surface area contributed by atoms with E-state index in [0.29, 0.717) is 6.54 Å². The number of fused-ring (bicyclic) bond motifs is 3. The highest BCUT2D eigenvalue weighted by atomic mass is 16.2. The molecular formula is C22H25N3O. The van der Waals surface area contributed by atoms with Gasteiger partial charge in [0.1, 0.15) is 0 Å². The van der Waals surface area contributed by atoms with Gasteiger partial charge in [-0.3, -0.25) is 0 Å². The van der Waals surface area contributed by atoms with Gasteiger partial charge in [0, 0.05) is 35.6 Å². The molecule has 0 spiro atoms. The Bertz CT molecular complexity index is 914. The van der Waals surface area contributed by atoms with Crippen molar-refractivity contribution in [1.82, 2.24) is 15.6 Å². The predicted octanol–water partition coefficient (Wildman–Crippen LogP) is 3.88. The van der Waals surface area contributed by atoms with E-state index in [1.165, 1.54) is 33.3 Å². The van der Waals surface area contributed by atoms with Crippen molar-refractivity contribution in [3.8, 4) is 0 Å². The van der Waals surface area contributed by atoms with Gasteiger partial charge in [0.2, 0.25) is 0 Å². The smallest absolute Gasteiger partial charge is 0.315 e. The zero-order valence-electron chi connectivity index (χ0n) is 15.1. The van der Waals surface area contributed by atoms with Crippen LogP contribution in [0.4, 0.5) is 4.79 Å². The van der Waals surface area contributed by atoms with Gasteiger partial charge in [-0.15, -0.1) is 0 Å². The van der Waals surface area contributed by atoms with Crippen LogP contribution in [0.2, 0.25) is 0 Å². The van der Waals surface area contributed by atoms with Crippen LogP contribution in [0, 0.1) is 6.92 Å². The average Bonchev–Trinajstić information content (AvgIpc) is 3.17. The van der Waals surface area contributed by atoms with Crippen LogP contribution < -0.4 is 10.6 Å². The van der Waals surface area contributed by atoms with Gasteiger partial charge in [-0.05, 0) is 49.4 Å². The van der Waals surface area contributed by atoms with E-state index >= 15 is 0 Å². The van der Waals surface area contributed by atoms with Crippen molar-refractivity contribution in [3.63, 3.8) is 0 Å².